The highest BCUT2D eigenvalue weighted by Crippen LogP contribution is 2.41. The maximum Gasteiger partial charge on any atom is 0.405 e. The third kappa shape index (κ3) is 1.63. The van der Waals surface area contributed by atoms with Crippen molar-refractivity contribution in [3.63, 3.8) is 0 Å². The van der Waals surface area contributed by atoms with Crippen LogP contribution in [0.1, 0.15) is 19.3 Å². The number of nitrogens with zero attached hydrogens (tertiary/aromatic N) is 1. The van der Waals surface area contributed by atoms with Gasteiger partial charge in [-0.3, -0.25) is 4.90 Å². The number of halogens is 3. The van der Waals surface area contributed by atoms with Gasteiger partial charge in [0.1, 0.15) is 6.04 Å². The smallest absolute Gasteiger partial charge is 0.329 e. The first-order chi connectivity index (χ1) is 6.52. The van der Waals surface area contributed by atoms with E-state index in [2.05, 4.69) is 0 Å². The summed E-state index contributed by atoms with van der Waals surface area (Å²) >= 11 is 0. The summed E-state index contributed by atoms with van der Waals surface area (Å²) < 4.78 is 37.7. The molecule has 5 heteroatoms. The van der Waals surface area contributed by atoms with E-state index in [-0.39, 0.29) is 12.6 Å². The number of nitrogens with two attached hydrogens (primary N) is 1. The van der Waals surface area contributed by atoms with E-state index in [1.165, 1.54) is 0 Å². The van der Waals surface area contributed by atoms with E-state index in [4.69, 9.17) is 5.73 Å². The van der Waals surface area contributed by atoms with Gasteiger partial charge in [-0.2, -0.15) is 13.2 Å². The Morgan fingerprint density at radius 3 is 2.43 bits per heavy atom. The number of rotatable bonds is 2. The summed E-state index contributed by atoms with van der Waals surface area (Å²) in [5, 5.41) is 0. The lowest BCUT2D eigenvalue weighted by Gasteiger charge is -2.35. The summed E-state index contributed by atoms with van der Waals surface area (Å²) in [4.78, 5) is 1.56. The summed E-state index contributed by atoms with van der Waals surface area (Å²) in [6.07, 6.45) is -1.22. The van der Waals surface area contributed by atoms with Crippen molar-refractivity contribution < 1.29 is 13.2 Å². The lowest BCUT2D eigenvalue weighted by atomic mass is 10.1. The first kappa shape index (κ1) is 10.2. The Morgan fingerprint density at radius 2 is 2.07 bits per heavy atom. The zero-order valence-corrected chi connectivity index (χ0v) is 7.93. The van der Waals surface area contributed by atoms with E-state index in [0.29, 0.717) is 12.5 Å². The van der Waals surface area contributed by atoms with Crippen molar-refractivity contribution in [1.82, 2.24) is 4.90 Å². The molecule has 2 N–H and O–H groups in total. The van der Waals surface area contributed by atoms with Crippen molar-refractivity contribution in [1.29, 1.82) is 0 Å². The molecule has 2 bridgehead atoms. The van der Waals surface area contributed by atoms with E-state index in [0.717, 1.165) is 19.3 Å². The van der Waals surface area contributed by atoms with Crippen LogP contribution in [0, 0.1) is 5.92 Å². The van der Waals surface area contributed by atoms with Crippen LogP contribution in [0.25, 0.3) is 0 Å². The molecule has 1 aliphatic heterocycles. The quantitative estimate of drug-likeness (QED) is 0.742. The number of piperidine rings is 1. The van der Waals surface area contributed by atoms with Gasteiger partial charge in [0.05, 0.1) is 0 Å². The number of hydrogen-bond donors (Lipinski definition) is 1. The highest BCUT2D eigenvalue weighted by Gasteiger charge is 2.49. The van der Waals surface area contributed by atoms with Crippen LogP contribution in [0.3, 0.4) is 0 Å². The predicted molar refractivity (Wildman–Crippen MR) is 46.7 cm³/mol. The molecule has 1 aliphatic carbocycles. The van der Waals surface area contributed by atoms with Crippen molar-refractivity contribution in [2.75, 3.05) is 13.1 Å². The first-order valence-electron chi connectivity index (χ1n) is 5.05. The molecule has 1 saturated heterocycles. The average Bonchev–Trinajstić information content (AvgIpc) is 2.63. The molecule has 0 radical (unpaired) electrons. The minimum absolute atomic E-state index is 0.134. The van der Waals surface area contributed by atoms with Gasteiger partial charge < -0.3 is 5.73 Å². The average molecular weight is 208 g/mol. The van der Waals surface area contributed by atoms with Gasteiger partial charge in [0, 0.05) is 19.1 Å². The monoisotopic (exact) mass is 208 g/mol. The third-order valence-corrected chi connectivity index (χ3v) is 3.45. The summed E-state index contributed by atoms with van der Waals surface area (Å²) in [5.41, 5.74) is 5.21. The lowest BCUT2D eigenvalue weighted by molar-refractivity contribution is -0.185. The van der Waals surface area contributed by atoms with Crippen molar-refractivity contribution in [2.24, 2.45) is 11.7 Å². The van der Waals surface area contributed by atoms with Crippen molar-refractivity contribution in [3.8, 4) is 0 Å². The SMILES string of the molecule is NCC(N1CC2CCC1C2)C(F)(F)F. The molecule has 2 nitrogen and oxygen atoms in total. The minimum Gasteiger partial charge on any atom is -0.329 e. The predicted octanol–water partition coefficient (Wildman–Crippen LogP) is 1.36. The molecule has 0 aromatic rings. The molecule has 1 saturated carbocycles. The molecule has 1 heterocycles. The summed E-state index contributed by atoms with van der Waals surface area (Å²) in [7, 11) is 0. The van der Waals surface area contributed by atoms with Crippen LogP contribution < -0.4 is 5.73 Å². The van der Waals surface area contributed by atoms with E-state index in [9.17, 15) is 13.2 Å². The normalized spacial score (nSPS) is 35.1. The summed E-state index contributed by atoms with van der Waals surface area (Å²) in [5.74, 6) is 0.483. The van der Waals surface area contributed by atoms with E-state index < -0.39 is 12.2 Å². The van der Waals surface area contributed by atoms with Crippen LogP contribution in [-0.4, -0.2) is 36.2 Å². The Labute approximate surface area is 81.2 Å². The molecule has 0 amide bonds. The second-order valence-electron chi connectivity index (χ2n) is 4.32. The van der Waals surface area contributed by atoms with Crippen molar-refractivity contribution in [2.45, 2.75) is 37.5 Å². The zero-order valence-electron chi connectivity index (χ0n) is 7.93. The van der Waals surface area contributed by atoms with Crippen LogP contribution >= 0.6 is 0 Å². The molecule has 0 aromatic carbocycles. The Hall–Kier alpha value is -0.290. The van der Waals surface area contributed by atoms with Crippen LogP contribution in [0.15, 0.2) is 0 Å². The fourth-order valence-corrected chi connectivity index (χ4v) is 2.80. The van der Waals surface area contributed by atoms with Gasteiger partial charge in [0.25, 0.3) is 0 Å². The second-order valence-corrected chi connectivity index (χ2v) is 4.32. The minimum atomic E-state index is -4.17. The van der Waals surface area contributed by atoms with Crippen molar-refractivity contribution in [3.05, 3.63) is 0 Å². The lowest BCUT2D eigenvalue weighted by Crippen LogP contribution is -2.53. The van der Waals surface area contributed by atoms with Gasteiger partial charge in [-0.15, -0.1) is 0 Å². The van der Waals surface area contributed by atoms with Gasteiger partial charge in [-0.25, -0.2) is 0 Å². The van der Waals surface area contributed by atoms with Crippen LogP contribution in [-0.2, 0) is 0 Å². The van der Waals surface area contributed by atoms with Crippen LogP contribution in [0.4, 0.5) is 13.2 Å². The van der Waals surface area contributed by atoms with Gasteiger partial charge in [0.2, 0.25) is 0 Å². The van der Waals surface area contributed by atoms with Gasteiger partial charge >= 0.3 is 6.18 Å². The summed E-state index contributed by atoms with van der Waals surface area (Å²) in [6.45, 7) is 0.277. The van der Waals surface area contributed by atoms with Crippen LogP contribution in [0.5, 0.6) is 0 Å². The van der Waals surface area contributed by atoms with Gasteiger partial charge in [-0.05, 0) is 25.2 Å². The second kappa shape index (κ2) is 3.38. The molecular formula is C9H15F3N2. The maximum atomic E-state index is 12.6. The number of fused-ring (bicyclic) bond motifs is 2. The topological polar surface area (TPSA) is 29.3 Å². The number of alkyl halides is 3. The highest BCUT2D eigenvalue weighted by molar-refractivity contribution is 4.97. The molecule has 0 spiro atoms. The molecule has 3 atom stereocenters. The summed E-state index contributed by atoms with van der Waals surface area (Å²) in [6, 6.07) is -1.28. The Balaban J connectivity index is 2.06. The molecule has 2 rings (SSSR count). The molecular weight excluding hydrogens is 193 g/mol. The van der Waals surface area contributed by atoms with E-state index >= 15 is 0 Å². The van der Waals surface area contributed by atoms with Gasteiger partial charge in [0.15, 0.2) is 0 Å². The number of likely N-dealkylation sites (tertiary alicyclic amines) is 1. The standard InChI is InChI=1S/C9H15F3N2/c10-9(11,12)8(4-13)14-5-6-1-2-7(14)3-6/h6-8H,1-5,13H2. The van der Waals surface area contributed by atoms with Crippen LogP contribution in [0.2, 0.25) is 0 Å². The van der Waals surface area contributed by atoms with E-state index in [1.54, 1.807) is 4.90 Å². The Morgan fingerprint density at radius 1 is 1.36 bits per heavy atom. The fraction of sp³-hybridized carbons (Fsp3) is 1.00. The third-order valence-electron chi connectivity index (χ3n) is 3.45. The largest absolute Gasteiger partial charge is 0.405 e. The maximum absolute atomic E-state index is 12.6. The molecule has 3 unspecified atom stereocenters. The molecule has 2 fully saturated rings. The molecule has 2 aliphatic rings. The molecule has 82 valence electrons. The Kier molecular flexibility index (Phi) is 2.47. The van der Waals surface area contributed by atoms with E-state index in [1.807, 2.05) is 0 Å². The highest BCUT2D eigenvalue weighted by atomic mass is 19.4. The fourth-order valence-electron chi connectivity index (χ4n) is 2.80. The first-order valence-corrected chi connectivity index (χ1v) is 5.05. The van der Waals surface area contributed by atoms with Gasteiger partial charge in [-0.1, -0.05) is 0 Å². The molecule has 14 heavy (non-hydrogen) atoms. The Bertz CT molecular complexity index is 217. The van der Waals surface area contributed by atoms with Crippen molar-refractivity contribution >= 4 is 0 Å². The zero-order chi connectivity index (χ0) is 10.3. The molecule has 0 aromatic heterocycles. The number of hydrogen-bond acceptors (Lipinski definition) is 2.